The van der Waals surface area contributed by atoms with Crippen molar-refractivity contribution in [3.05, 3.63) is 24.6 Å². The molecule has 0 spiro atoms. The summed E-state index contributed by atoms with van der Waals surface area (Å²) >= 11 is 0. The highest BCUT2D eigenvalue weighted by Gasteiger charge is 1.80. The van der Waals surface area contributed by atoms with Crippen LogP contribution in [0.15, 0.2) is 29.5 Å². The zero-order valence-corrected chi connectivity index (χ0v) is 5.89. The smallest absolute Gasteiger partial charge is 0.116 e. The number of allylic oxidation sites excluding steroid dienone is 2. The molecule has 0 aliphatic heterocycles. The summed E-state index contributed by atoms with van der Waals surface area (Å²) in [5, 5.41) is 0. The van der Waals surface area contributed by atoms with Crippen molar-refractivity contribution in [1.82, 2.24) is 0 Å². The van der Waals surface area contributed by atoms with E-state index in [9.17, 15) is 0 Å². The van der Waals surface area contributed by atoms with Gasteiger partial charge in [0, 0.05) is 5.71 Å². The fraction of sp³-hybridized carbons (Fsp3) is 0.286. The summed E-state index contributed by atoms with van der Waals surface area (Å²) in [6.07, 6.45) is 3.78. The van der Waals surface area contributed by atoms with E-state index in [1.807, 2.05) is 26.0 Å². The molecule has 0 rings (SSSR count). The first-order valence-corrected chi connectivity index (χ1v) is 2.79. The maximum absolute atomic E-state index is 5.21. The fourth-order valence-electron chi connectivity index (χ4n) is 0.505. The molecule has 0 aromatic rings. The fourth-order valence-corrected chi connectivity index (χ4v) is 0.505. The monoisotopic (exact) mass is 124 g/mol. The third-order valence-corrected chi connectivity index (χ3v) is 0.728. The van der Waals surface area contributed by atoms with Gasteiger partial charge < -0.3 is 5.73 Å². The molecule has 2 heteroatoms. The Labute approximate surface area is 55.8 Å². The molecule has 0 saturated carbocycles. The lowest BCUT2D eigenvalue weighted by Gasteiger charge is -1.89. The van der Waals surface area contributed by atoms with Crippen LogP contribution < -0.4 is 5.73 Å². The molecular weight excluding hydrogens is 112 g/mol. The molecule has 2 nitrogen and oxygen atoms in total. The van der Waals surface area contributed by atoms with E-state index >= 15 is 0 Å². The summed E-state index contributed by atoms with van der Waals surface area (Å²) in [6.45, 7) is 7.24. The minimum absolute atomic E-state index is 0.352. The first-order valence-electron chi connectivity index (χ1n) is 2.79. The zero-order chi connectivity index (χ0) is 7.28. The number of nitrogens with zero attached hydrogens (tertiary/aromatic N) is 1. The van der Waals surface area contributed by atoms with Crippen LogP contribution in [0.5, 0.6) is 0 Å². The van der Waals surface area contributed by atoms with Crippen LogP contribution in [0, 0.1) is 0 Å². The van der Waals surface area contributed by atoms with E-state index in [2.05, 4.69) is 11.6 Å². The SMILES string of the molecule is C=C(N)N=C(C)/C=C\C. The van der Waals surface area contributed by atoms with E-state index in [0.717, 1.165) is 5.71 Å². The Balaban J connectivity index is 4.00. The second-order valence-corrected chi connectivity index (χ2v) is 1.74. The van der Waals surface area contributed by atoms with Gasteiger partial charge in [-0.15, -0.1) is 0 Å². The first-order chi connectivity index (χ1) is 4.16. The molecular formula is C7H12N2. The Kier molecular flexibility index (Phi) is 3.44. The van der Waals surface area contributed by atoms with Crippen LogP contribution in [0.25, 0.3) is 0 Å². The molecule has 50 valence electrons. The topological polar surface area (TPSA) is 38.4 Å². The van der Waals surface area contributed by atoms with Crippen LogP contribution in [-0.2, 0) is 0 Å². The van der Waals surface area contributed by atoms with Gasteiger partial charge >= 0.3 is 0 Å². The third kappa shape index (κ3) is 4.81. The zero-order valence-electron chi connectivity index (χ0n) is 5.89. The second kappa shape index (κ2) is 3.89. The largest absolute Gasteiger partial charge is 0.384 e. The van der Waals surface area contributed by atoms with Crippen LogP contribution in [-0.4, -0.2) is 5.71 Å². The van der Waals surface area contributed by atoms with Crippen LogP contribution in [0.1, 0.15) is 13.8 Å². The maximum Gasteiger partial charge on any atom is 0.116 e. The standard InChI is InChI=1S/C7H12N2/c1-4-5-6(2)9-7(3)8/h4-5H,3,8H2,1-2H3/b5-4-,9-6?. The summed E-state index contributed by atoms with van der Waals surface area (Å²) in [6, 6.07) is 0. The lowest BCUT2D eigenvalue weighted by atomic mass is 10.4. The summed E-state index contributed by atoms with van der Waals surface area (Å²) < 4.78 is 0. The number of hydrogen-bond donors (Lipinski definition) is 1. The molecule has 0 bridgehead atoms. The van der Waals surface area contributed by atoms with Crippen molar-refractivity contribution in [3.8, 4) is 0 Å². The molecule has 0 radical (unpaired) electrons. The average Bonchev–Trinajstić information content (AvgIpc) is 1.63. The van der Waals surface area contributed by atoms with Crippen LogP contribution in [0.2, 0.25) is 0 Å². The van der Waals surface area contributed by atoms with Crippen molar-refractivity contribution in [2.24, 2.45) is 10.7 Å². The van der Waals surface area contributed by atoms with Crippen LogP contribution >= 0.6 is 0 Å². The molecule has 0 amide bonds. The van der Waals surface area contributed by atoms with Crippen molar-refractivity contribution in [2.45, 2.75) is 13.8 Å². The van der Waals surface area contributed by atoms with Gasteiger partial charge in [-0.1, -0.05) is 12.7 Å². The Morgan fingerprint density at radius 1 is 1.67 bits per heavy atom. The van der Waals surface area contributed by atoms with Gasteiger partial charge in [-0.2, -0.15) is 0 Å². The van der Waals surface area contributed by atoms with Gasteiger partial charge in [-0.3, -0.25) is 0 Å². The maximum atomic E-state index is 5.21. The second-order valence-electron chi connectivity index (χ2n) is 1.74. The van der Waals surface area contributed by atoms with E-state index in [1.165, 1.54) is 0 Å². The molecule has 0 aromatic heterocycles. The van der Waals surface area contributed by atoms with Crippen LogP contribution in [0.4, 0.5) is 0 Å². The number of aliphatic imine (C=N–C) groups is 1. The minimum Gasteiger partial charge on any atom is -0.384 e. The van der Waals surface area contributed by atoms with Crippen LogP contribution in [0.3, 0.4) is 0 Å². The van der Waals surface area contributed by atoms with Crippen molar-refractivity contribution in [1.29, 1.82) is 0 Å². The lowest BCUT2D eigenvalue weighted by molar-refractivity contribution is 1.26. The van der Waals surface area contributed by atoms with Gasteiger partial charge in [-0.25, -0.2) is 4.99 Å². The summed E-state index contributed by atoms with van der Waals surface area (Å²) in [5.74, 6) is 0.352. The molecule has 0 heterocycles. The number of nitrogens with two attached hydrogens (primary N) is 1. The van der Waals surface area contributed by atoms with E-state index in [0.29, 0.717) is 5.82 Å². The lowest BCUT2D eigenvalue weighted by Crippen LogP contribution is -1.94. The van der Waals surface area contributed by atoms with Crippen molar-refractivity contribution in [3.63, 3.8) is 0 Å². The summed E-state index contributed by atoms with van der Waals surface area (Å²) in [5.41, 5.74) is 6.09. The Morgan fingerprint density at radius 3 is 2.56 bits per heavy atom. The van der Waals surface area contributed by atoms with E-state index in [-0.39, 0.29) is 0 Å². The normalized spacial score (nSPS) is 12.4. The Morgan fingerprint density at radius 2 is 2.22 bits per heavy atom. The molecule has 0 saturated heterocycles. The molecule has 0 unspecified atom stereocenters. The molecule has 0 aromatic carbocycles. The predicted molar refractivity (Wildman–Crippen MR) is 41.3 cm³/mol. The van der Waals surface area contributed by atoms with Crippen molar-refractivity contribution >= 4 is 5.71 Å². The highest BCUT2D eigenvalue weighted by molar-refractivity contribution is 5.93. The van der Waals surface area contributed by atoms with Gasteiger partial charge in [0.05, 0.1) is 0 Å². The highest BCUT2D eigenvalue weighted by Crippen LogP contribution is 1.85. The van der Waals surface area contributed by atoms with Gasteiger partial charge in [0.25, 0.3) is 0 Å². The molecule has 9 heavy (non-hydrogen) atoms. The molecule has 0 atom stereocenters. The average molecular weight is 124 g/mol. The molecule has 0 aliphatic carbocycles. The van der Waals surface area contributed by atoms with E-state index < -0.39 is 0 Å². The molecule has 2 N–H and O–H groups in total. The van der Waals surface area contributed by atoms with Gasteiger partial charge in [0.1, 0.15) is 5.82 Å². The van der Waals surface area contributed by atoms with Crippen molar-refractivity contribution in [2.75, 3.05) is 0 Å². The quantitative estimate of drug-likeness (QED) is 0.556. The van der Waals surface area contributed by atoms with E-state index in [4.69, 9.17) is 5.73 Å². The Bertz CT molecular complexity index is 154. The number of rotatable bonds is 2. The minimum atomic E-state index is 0.352. The molecule has 0 fully saturated rings. The van der Waals surface area contributed by atoms with Gasteiger partial charge in [-0.05, 0) is 19.9 Å². The highest BCUT2D eigenvalue weighted by atomic mass is 14.9. The third-order valence-electron chi connectivity index (χ3n) is 0.728. The van der Waals surface area contributed by atoms with Gasteiger partial charge in [0.2, 0.25) is 0 Å². The number of hydrogen-bond acceptors (Lipinski definition) is 2. The van der Waals surface area contributed by atoms with E-state index in [1.54, 1.807) is 0 Å². The summed E-state index contributed by atoms with van der Waals surface area (Å²) in [4.78, 5) is 3.88. The van der Waals surface area contributed by atoms with Crippen molar-refractivity contribution < 1.29 is 0 Å². The Hall–Kier alpha value is -1.05. The van der Waals surface area contributed by atoms with Gasteiger partial charge in [0.15, 0.2) is 0 Å². The predicted octanol–water partition coefficient (Wildman–Crippen LogP) is 1.45. The molecule has 0 aliphatic rings. The first kappa shape index (κ1) is 7.95. The summed E-state index contributed by atoms with van der Waals surface area (Å²) in [7, 11) is 0.